The molecule has 0 heterocycles. The molecule has 0 spiro atoms. The number of allylic oxidation sites excluding steroid dienone is 2. The normalized spacial score (nSPS) is 37.6. The van der Waals surface area contributed by atoms with Gasteiger partial charge >= 0.3 is 0 Å². The van der Waals surface area contributed by atoms with E-state index in [1.165, 1.54) is 6.42 Å². The van der Waals surface area contributed by atoms with Crippen LogP contribution in [-0.2, 0) is 0 Å². The van der Waals surface area contributed by atoms with E-state index in [0.29, 0.717) is 0 Å². The summed E-state index contributed by atoms with van der Waals surface area (Å²) in [6.07, 6.45) is 3.66. The van der Waals surface area contributed by atoms with Crippen LogP contribution < -0.4 is 0 Å². The third-order valence-electron chi connectivity index (χ3n) is 2.38. The van der Waals surface area contributed by atoms with Crippen molar-refractivity contribution in [1.82, 2.24) is 0 Å². The van der Waals surface area contributed by atoms with E-state index in [9.17, 15) is 0 Å². The van der Waals surface area contributed by atoms with Crippen LogP contribution in [0.3, 0.4) is 0 Å². The molecule has 0 aliphatic heterocycles. The lowest BCUT2D eigenvalue weighted by Gasteiger charge is -2.09. The number of hydrogen-bond acceptors (Lipinski definition) is 0. The molecule has 0 fully saturated rings. The van der Waals surface area contributed by atoms with Gasteiger partial charge in [0.15, 0.2) is 0 Å². The Morgan fingerprint density at radius 2 is 2.12 bits per heavy atom. The van der Waals surface area contributed by atoms with E-state index in [1.54, 1.807) is 5.57 Å². The highest BCUT2D eigenvalue weighted by atomic mass is 14.2. The van der Waals surface area contributed by atoms with Crippen molar-refractivity contribution in [2.75, 3.05) is 0 Å². The standard InChI is InChI=1S/C8H14/c1-6-4-5-7(2)8(6)3/h4,7-8H,5H2,1-3H3/t7?,8-/m0/s1. The molecule has 1 unspecified atom stereocenters. The maximum atomic E-state index is 2.36. The first-order valence-corrected chi connectivity index (χ1v) is 3.38. The fourth-order valence-corrected chi connectivity index (χ4v) is 1.21. The van der Waals surface area contributed by atoms with Crippen molar-refractivity contribution in [3.63, 3.8) is 0 Å². The highest BCUT2D eigenvalue weighted by Crippen LogP contribution is 2.29. The summed E-state index contributed by atoms with van der Waals surface area (Å²) in [6.45, 7) is 6.86. The Kier molecular flexibility index (Phi) is 1.41. The van der Waals surface area contributed by atoms with E-state index < -0.39 is 0 Å². The molecule has 1 rings (SSSR count). The fourth-order valence-electron chi connectivity index (χ4n) is 1.21. The van der Waals surface area contributed by atoms with Gasteiger partial charge in [0.2, 0.25) is 0 Å². The molecule has 1 aliphatic carbocycles. The van der Waals surface area contributed by atoms with Crippen LogP contribution in [0.25, 0.3) is 0 Å². The third kappa shape index (κ3) is 0.795. The summed E-state index contributed by atoms with van der Waals surface area (Å²) in [7, 11) is 0. The second-order valence-electron chi connectivity index (χ2n) is 2.95. The molecule has 1 aliphatic rings. The van der Waals surface area contributed by atoms with Crippen LogP contribution in [-0.4, -0.2) is 0 Å². The molecule has 0 aromatic carbocycles. The minimum absolute atomic E-state index is 0.843. The van der Waals surface area contributed by atoms with Crippen molar-refractivity contribution in [2.45, 2.75) is 27.2 Å². The van der Waals surface area contributed by atoms with Gasteiger partial charge in [0.25, 0.3) is 0 Å². The zero-order valence-electron chi connectivity index (χ0n) is 5.94. The molecule has 0 radical (unpaired) electrons. The van der Waals surface area contributed by atoms with E-state index in [0.717, 1.165) is 11.8 Å². The molecule has 0 aromatic rings. The topological polar surface area (TPSA) is 0 Å². The first-order valence-electron chi connectivity index (χ1n) is 3.38. The lowest BCUT2D eigenvalue weighted by Crippen LogP contribution is -2.00. The molecule has 0 bridgehead atoms. The van der Waals surface area contributed by atoms with Crippen LogP contribution in [0.15, 0.2) is 11.6 Å². The maximum Gasteiger partial charge on any atom is -0.0206 e. The Morgan fingerprint density at radius 1 is 1.50 bits per heavy atom. The van der Waals surface area contributed by atoms with Gasteiger partial charge in [-0.25, -0.2) is 0 Å². The van der Waals surface area contributed by atoms with Crippen LogP contribution in [0.2, 0.25) is 0 Å². The first-order chi connectivity index (χ1) is 3.72. The van der Waals surface area contributed by atoms with Gasteiger partial charge in [0.1, 0.15) is 0 Å². The molecule has 8 heavy (non-hydrogen) atoms. The van der Waals surface area contributed by atoms with Crippen molar-refractivity contribution >= 4 is 0 Å². The molecule has 46 valence electrons. The van der Waals surface area contributed by atoms with E-state index in [4.69, 9.17) is 0 Å². The van der Waals surface area contributed by atoms with Gasteiger partial charge in [-0.05, 0) is 25.2 Å². The number of hydrogen-bond donors (Lipinski definition) is 0. The summed E-state index contributed by atoms with van der Waals surface area (Å²) in [5, 5.41) is 0. The number of rotatable bonds is 0. The summed E-state index contributed by atoms with van der Waals surface area (Å²) < 4.78 is 0. The summed E-state index contributed by atoms with van der Waals surface area (Å²) >= 11 is 0. The van der Waals surface area contributed by atoms with E-state index in [1.807, 2.05) is 0 Å². The Hall–Kier alpha value is -0.260. The quantitative estimate of drug-likeness (QED) is 0.420. The zero-order valence-corrected chi connectivity index (χ0v) is 5.94. The molecule has 0 N–H and O–H groups in total. The van der Waals surface area contributed by atoms with Crippen LogP contribution in [0.1, 0.15) is 27.2 Å². The van der Waals surface area contributed by atoms with Crippen molar-refractivity contribution < 1.29 is 0 Å². The molecule has 0 nitrogen and oxygen atoms in total. The molecule has 0 saturated heterocycles. The minimum Gasteiger partial charge on any atom is -0.0850 e. The van der Waals surface area contributed by atoms with Gasteiger partial charge in [0.05, 0.1) is 0 Å². The van der Waals surface area contributed by atoms with Gasteiger partial charge < -0.3 is 0 Å². The second kappa shape index (κ2) is 1.93. The lowest BCUT2D eigenvalue weighted by atomic mass is 9.96. The second-order valence-corrected chi connectivity index (χ2v) is 2.95. The summed E-state index contributed by atoms with van der Waals surface area (Å²) in [6, 6.07) is 0. The van der Waals surface area contributed by atoms with Crippen molar-refractivity contribution in [3.05, 3.63) is 11.6 Å². The molecular weight excluding hydrogens is 96.1 g/mol. The summed E-state index contributed by atoms with van der Waals surface area (Å²) in [5.74, 6) is 1.74. The largest absolute Gasteiger partial charge is 0.0850 e. The van der Waals surface area contributed by atoms with Crippen LogP contribution >= 0.6 is 0 Å². The highest BCUT2D eigenvalue weighted by molar-refractivity contribution is 5.10. The molecule has 0 heteroatoms. The molecule has 2 atom stereocenters. The maximum absolute atomic E-state index is 2.36. The Morgan fingerprint density at radius 3 is 2.25 bits per heavy atom. The van der Waals surface area contributed by atoms with Crippen molar-refractivity contribution in [1.29, 1.82) is 0 Å². The highest BCUT2D eigenvalue weighted by Gasteiger charge is 2.17. The average Bonchev–Trinajstić information content (AvgIpc) is 1.98. The van der Waals surface area contributed by atoms with Gasteiger partial charge in [0, 0.05) is 0 Å². The fraction of sp³-hybridized carbons (Fsp3) is 0.750. The zero-order chi connectivity index (χ0) is 6.15. The predicted octanol–water partition coefficient (Wildman–Crippen LogP) is 2.61. The first kappa shape index (κ1) is 5.87. The van der Waals surface area contributed by atoms with E-state index in [-0.39, 0.29) is 0 Å². The Labute approximate surface area is 51.6 Å². The van der Waals surface area contributed by atoms with Crippen molar-refractivity contribution in [3.8, 4) is 0 Å². The van der Waals surface area contributed by atoms with E-state index in [2.05, 4.69) is 26.8 Å². The van der Waals surface area contributed by atoms with Crippen LogP contribution in [0, 0.1) is 11.8 Å². The Bertz CT molecular complexity index is 111. The van der Waals surface area contributed by atoms with Crippen LogP contribution in [0.4, 0.5) is 0 Å². The summed E-state index contributed by atoms with van der Waals surface area (Å²) in [5.41, 5.74) is 1.58. The molecule has 0 aromatic heterocycles. The SMILES string of the molecule is CC1=CCC(C)[C@H]1C. The summed E-state index contributed by atoms with van der Waals surface area (Å²) in [4.78, 5) is 0. The molecule has 0 amide bonds. The average molecular weight is 110 g/mol. The molecular formula is C8H14. The minimum atomic E-state index is 0.843. The molecule has 0 saturated carbocycles. The predicted molar refractivity (Wildman–Crippen MR) is 36.7 cm³/mol. The lowest BCUT2D eigenvalue weighted by molar-refractivity contribution is 0.482. The monoisotopic (exact) mass is 110 g/mol. The third-order valence-corrected chi connectivity index (χ3v) is 2.38. The van der Waals surface area contributed by atoms with E-state index >= 15 is 0 Å². The van der Waals surface area contributed by atoms with Gasteiger partial charge in [-0.1, -0.05) is 25.5 Å². The van der Waals surface area contributed by atoms with Gasteiger partial charge in [-0.3, -0.25) is 0 Å². The van der Waals surface area contributed by atoms with Crippen LogP contribution in [0.5, 0.6) is 0 Å². The van der Waals surface area contributed by atoms with Crippen molar-refractivity contribution in [2.24, 2.45) is 11.8 Å². The van der Waals surface area contributed by atoms with Gasteiger partial charge in [-0.15, -0.1) is 0 Å². The van der Waals surface area contributed by atoms with Gasteiger partial charge in [-0.2, -0.15) is 0 Å². The Balaban J connectivity index is 2.59. The smallest absolute Gasteiger partial charge is 0.0206 e.